The van der Waals surface area contributed by atoms with Crippen LogP contribution in [-0.4, -0.2) is 42.8 Å². The normalized spacial score (nSPS) is 15.5. The Labute approximate surface area is 125 Å². The summed E-state index contributed by atoms with van der Waals surface area (Å²) >= 11 is 0. The van der Waals surface area contributed by atoms with Crippen molar-refractivity contribution in [2.75, 3.05) is 31.7 Å². The summed E-state index contributed by atoms with van der Waals surface area (Å²) < 4.78 is 5.28. The Morgan fingerprint density at radius 2 is 2.05 bits per heavy atom. The van der Waals surface area contributed by atoms with Crippen molar-refractivity contribution in [2.45, 2.75) is 13.8 Å². The second-order valence-electron chi connectivity index (χ2n) is 4.57. The first-order valence-electron chi connectivity index (χ1n) is 6.41. The molecule has 6 heteroatoms. The highest BCUT2D eigenvalue weighted by molar-refractivity contribution is 6.37. The van der Waals surface area contributed by atoms with E-state index in [9.17, 15) is 4.79 Å². The van der Waals surface area contributed by atoms with Crippen molar-refractivity contribution in [2.24, 2.45) is 5.10 Å². The van der Waals surface area contributed by atoms with Crippen molar-refractivity contribution in [1.29, 1.82) is 0 Å². The van der Waals surface area contributed by atoms with Gasteiger partial charge in [0, 0.05) is 20.0 Å². The number of hydrogen-bond donors (Lipinski definition) is 1. The van der Waals surface area contributed by atoms with Crippen LogP contribution in [0.5, 0.6) is 0 Å². The molecule has 0 unspecified atom stereocenters. The van der Waals surface area contributed by atoms with Crippen molar-refractivity contribution in [3.05, 3.63) is 29.8 Å². The molecule has 1 aliphatic heterocycles. The number of aryl methyl sites for hydroxylation is 1. The fraction of sp³-hybridized carbons (Fsp3) is 0.429. The van der Waals surface area contributed by atoms with Crippen LogP contribution in [0.25, 0.3) is 0 Å². The number of nitrogens with zero attached hydrogens (tertiary/aromatic N) is 2. The largest absolute Gasteiger partial charge is 0.378 e. The van der Waals surface area contributed by atoms with E-state index in [1.54, 1.807) is 0 Å². The van der Waals surface area contributed by atoms with Gasteiger partial charge < -0.3 is 9.64 Å². The number of amidine groups is 1. The Bertz CT molecular complexity index is 485. The lowest BCUT2D eigenvalue weighted by Crippen LogP contribution is -2.44. The van der Waals surface area contributed by atoms with Crippen LogP contribution in [-0.2, 0) is 9.53 Å². The number of hydrogen-bond acceptors (Lipinski definition) is 4. The summed E-state index contributed by atoms with van der Waals surface area (Å²) in [5, 5.41) is 4.25. The van der Waals surface area contributed by atoms with E-state index in [-0.39, 0.29) is 18.2 Å². The number of carbonyl (C=O) groups is 1. The second-order valence-corrected chi connectivity index (χ2v) is 4.57. The van der Waals surface area contributed by atoms with Gasteiger partial charge in [-0.15, -0.1) is 12.4 Å². The number of ether oxygens (including phenoxy) is 1. The quantitative estimate of drug-likeness (QED) is 0.527. The lowest BCUT2D eigenvalue weighted by atomic mass is 10.2. The maximum atomic E-state index is 11.7. The average molecular weight is 298 g/mol. The Kier molecular flexibility index (Phi) is 6.48. The summed E-state index contributed by atoms with van der Waals surface area (Å²) in [4.78, 5) is 13.6. The first kappa shape index (κ1) is 16.5. The van der Waals surface area contributed by atoms with Gasteiger partial charge in [-0.2, -0.15) is 5.10 Å². The Hall–Kier alpha value is -1.59. The SMILES string of the molecule is CC(=O)/C(=N/Nc1cccc(C)c1)N1CCOCC1.Cl. The van der Waals surface area contributed by atoms with Gasteiger partial charge in [0.1, 0.15) is 0 Å². The maximum Gasteiger partial charge on any atom is 0.196 e. The monoisotopic (exact) mass is 297 g/mol. The minimum atomic E-state index is -0.0398. The molecule has 0 bridgehead atoms. The molecular weight excluding hydrogens is 278 g/mol. The van der Waals surface area contributed by atoms with Crippen LogP contribution >= 0.6 is 12.4 Å². The van der Waals surface area contributed by atoms with Crippen LogP contribution in [0.3, 0.4) is 0 Å². The molecule has 0 saturated carbocycles. The van der Waals surface area contributed by atoms with Crippen LogP contribution in [0.2, 0.25) is 0 Å². The molecular formula is C14H20ClN3O2. The van der Waals surface area contributed by atoms with Gasteiger partial charge in [0.25, 0.3) is 0 Å². The molecule has 0 spiro atoms. The summed E-state index contributed by atoms with van der Waals surface area (Å²) in [6.07, 6.45) is 0. The highest BCUT2D eigenvalue weighted by Gasteiger charge is 2.18. The van der Waals surface area contributed by atoms with Crippen LogP contribution in [0, 0.1) is 6.92 Å². The smallest absolute Gasteiger partial charge is 0.196 e. The van der Waals surface area contributed by atoms with E-state index < -0.39 is 0 Å². The minimum Gasteiger partial charge on any atom is -0.378 e. The molecule has 1 saturated heterocycles. The van der Waals surface area contributed by atoms with E-state index in [0.29, 0.717) is 32.1 Å². The molecule has 1 aromatic carbocycles. The number of carbonyl (C=O) groups excluding carboxylic acids is 1. The van der Waals surface area contributed by atoms with Gasteiger partial charge in [-0.25, -0.2) is 0 Å². The van der Waals surface area contributed by atoms with Gasteiger partial charge in [-0.05, 0) is 24.6 Å². The Morgan fingerprint density at radius 3 is 2.65 bits per heavy atom. The lowest BCUT2D eigenvalue weighted by Gasteiger charge is -2.28. The molecule has 1 fully saturated rings. The molecule has 20 heavy (non-hydrogen) atoms. The predicted molar refractivity (Wildman–Crippen MR) is 82.6 cm³/mol. The summed E-state index contributed by atoms with van der Waals surface area (Å²) in [7, 11) is 0. The molecule has 1 aromatic rings. The number of anilines is 1. The number of halogens is 1. The van der Waals surface area contributed by atoms with E-state index in [2.05, 4.69) is 10.5 Å². The van der Waals surface area contributed by atoms with E-state index in [1.165, 1.54) is 6.92 Å². The van der Waals surface area contributed by atoms with Gasteiger partial charge in [-0.3, -0.25) is 10.2 Å². The molecule has 1 heterocycles. The molecule has 0 amide bonds. The summed E-state index contributed by atoms with van der Waals surface area (Å²) in [6, 6.07) is 7.88. The number of Topliss-reactive ketones (excluding diaryl/α,β-unsaturated/α-hetero) is 1. The molecule has 0 aromatic heterocycles. The molecule has 0 aliphatic carbocycles. The van der Waals surface area contributed by atoms with Crippen molar-refractivity contribution < 1.29 is 9.53 Å². The van der Waals surface area contributed by atoms with Gasteiger partial charge in [-0.1, -0.05) is 12.1 Å². The number of hydrazone groups is 1. The number of ketones is 1. The second kappa shape index (κ2) is 7.87. The fourth-order valence-corrected chi connectivity index (χ4v) is 1.98. The summed E-state index contributed by atoms with van der Waals surface area (Å²) in [6.45, 7) is 6.23. The molecule has 1 N–H and O–H groups in total. The van der Waals surface area contributed by atoms with Crippen molar-refractivity contribution in [3.8, 4) is 0 Å². The number of morpholine rings is 1. The lowest BCUT2D eigenvalue weighted by molar-refractivity contribution is -0.112. The summed E-state index contributed by atoms with van der Waals surface area (Å²) in [5.74, 6) is 0.423. The minimum absolute atomic E-state index is 0. The number of nitrogens with one attached hydrogen (secondary N) is 1. The molecule has 110 valence electrons. The van der Waals surface area contributed by atoms with E-state index >= 15 is 0 Å². The van der Waals surface area contributed by atoms with E-state index in [4.69, 9.17) is 4.74 Å². The first-order valence-corrected chi connectivity index (χ1v) is 6.41. The first-order chi connectivity index (χ1) is 9.16. The average Bonchev–Trinajstić information content (AvgIpc) is 2.40. The third-order valence-electron chi connectivity index (χ3n) is 2.93. The van der Waals surface area contributed by atoms with Gasteiger partial charge in [0.15, 0.2) is 11.6 Å². The topological polar surface area (TPSA) is 53.9 Å². The standard InChI is InChI=1S/C14H19N3O2.ClH/c1-11-4-3-5-13(10-11)15-16-14(12(2)18)17-6-8-19-9-7-17;/h3-5,10,15H,6-9H2,1-2H3;1H/b16-14-;. The fourth-order valence-electron chi connectivity index (χ4n) is 1.98. The summed E-state index contributed by atoms with van der Waals surface area (Å²) in [5.41, 5.74) is 4.98. The van der Waals surface area contributed by atoms with Crippen molar-refractivity contribution >= 4 is 29.7 Å². The molecule has 2 rings (SSSR count). The van der Waals surface area contributed by atoms with Crippen molar-refractivity contribution in [3.63, 3.8) is 0 Å². The van der Waals surface area contributed by atoms with Crippen LogP contribution in [0.1, 0.15) is 12.5 Å². The van der Waals surface area contributed by atoms with Crippen molar-refractivity contribution in [1.82, 2.24) is 4.90 Å². The molecule has 5 nitrogen and oxygen atoms in total. The highest BCUT2D eigenvalue weighted by Crippen LogP contribution is 2.10. The molecule has 0 atom stereocenters. The van der Waals surface area contributed by atoms with Gasteiger partial charge >= 0.3 is 0 Å². The third-order valence-corrected chi connectivity index (χ3v) is 2.93. The van der Waals surface area contributed by atoms with Gasteiger partial charge in [0.05, 0.1) is 18.9 Å². The van der Waals surface area contributed by atoms with Gasteiger partial charge in [0.2, 0.25) is 0 Å². The zero-order valence-electron chi connectivity index (χ0n) is 11.8. The molecule has 0 radical (unpaired) electrons. The highest BCUT2D eigenvalue weighted by atomic mass is 35.5. The molecule has 1 aliphatic rings. The maximum absolute atomic E-state index is 11.7. The zero-order valence-corrected chi connectivity index (χ0v) is 12.6. The Balaban J connectivity index is 0.00000200. The van der Waals surface area contributed by atoms with Crippen LogP contribution in [0.15, 0.2) is 29.4 Å². The third kappa shape index (κ3) is 4.51. The number of rotatable bonds is 3. The number of benzene rings is 1. The van der Waals surface area contributed by atoms with E-state index in [0.717, 1.165) is 11.3 Å². The van der Waals surface area contributed by atoms with Crippen LogP contribution < -0.4 is 5.43 Å². The zero-order chi connectivity index (χ0) is 13.7. The predicted octanol–water partition coefficient (Wildman–Crippen LogP) is 2.06. The Morgan fingerprint density at radius 1 is 1.35 bits per heavy atom. The van der Waals surface area contributed by atoms with E-state index in [1.807, 2.05) is 36.1 Å². The van der Waals surface area contributed by atoms with Crippen LogP contribution in [0.4, 0.5) is 5.69 Å².